The van der Waals surface area contributed by atoms with Gasteiger partial charge in [-0.25, -0.2) is 13.6 Å². The van der Waals surface area contributed by atoms with Crippen molar-refractivity contribution in [3.8, 4) is 0 Å². The van der Waals surface area contributed by atoms with Crippen molar-refractivity contribution in [3.63, 3.8) is 0 Å². The van der Waals surface area contributed by atoms with E-state index in [1.807, 2.05) is 36.6 Å². The molecule has 3 aromatic rings. The molecular formula is C20H23N3O4S3. The third-order valence-corrected chi connectivity index (χ3v) is 7.17. The molecular weight excluding hydrogens is 442 g/mol. The fourth-order valence-electron chi connectivity index (χ4n) is 2.90. The molecule has 2 N–H and O–H groups in total. The maximum Gasteiger partial charge on any atom is 0.280 e. The quantitative estimate of drug-likeness (QED) is 0.406. The van der Waals surface area contributed by atoms with Gasteiger partial charge in [-0.3, -0.25) is 4.79 Å². The molecule has 0 fully saturated rings. The van der Waals surface area contributed by atoms with Gasteiger partial charge in [0.05, 0.1) is 27.3 Å². The van der Waals surface area contributed by atoms with Crippen LogP contribution in [-0.2, 0) is 21.3 Å². The van der Waals surface area contributed by atoms with Gasteiger partial charge in [0.25, 0.3) is 5.91 Å². The molecule has 1 heterocycles. The van der Waals surface area contributed by atoms with Crippen molar-refractivity contribution in [3.05, 3.63) is 52.8 Å². The number of benzene rings is 2. The van der Waals surface area contributed by atoms with E-state index in [0.717, 1.165) is 16.2 Å². The maximum atomic E-state index is 13.0. The number of hydrogen-bond donors (Lipinski definition) is 1. The zero-order valence-corrected chi connectivity index (χ0v) is 19.1. The van der Waals surface area contributed by atoms with Crippen LogP contribution >= 0.6 is 23.1 Å². The van der Waals surface area contributed by atoms with Crippen molar-refractivity contribution >= 4 is 49.2 Å². The zero-order chi connectivity index (χ0) is 21.7. The number of nitrogens with two attached hydrogens (primary N) is 1. The summed E-state index contributed by atoms with van der Waals surface area (Å²) >= 11 is 2.83. The van der Waals surface area contributed by atoms with Crippen LogP contribution < -0.4 is 9.94 Å². The van der Waals surface area contributed by atoms with Crippen LogP contribution in [0.4, 0.5) is 0 Å². The molecule has 0 saturated heterocycles. The van der Waals surface area contributed by atoms with E-state index in [1.165, 1.54) is 23.5 Å². The Morgan fingerprint density at radius 1 is 1.23 bits per heavy atom. The molecule has 160 valence electrons. The molecule has 0 aliphatic rings. The van der Waals surface area contributed by atoms with Gasteiger partial charge in [-0.1, -0.05) is 30.4 Å². The summed E-state index contributed by atoms with van der Waals surface area (Å²) in [6, 6.07) is 12.0. The predicted octanol–water partition coefficient (Wildman–Crippen LogP) is 3.24. The second kappa shape index (κ2) is 9.88. The molecule has 0 radical (unpaired) electrons. The Morgan fingerprint density at radius 3 is 2.70 bits per heavy atom. The van der Waals surface area contributed by atoms with Crippen LogP contribution in [0.3, 0.4) is 0 Å². The van der Waals surface area contributed by atoms with Crippen LogP contribution in [0.1, 0.15) is 24.2 Å². The number of fused-ring (bicyclic) bond motifs is 1. The van der Waals surface area contributed by atoms with Gasteiger partial charge in [0.2, 0.25) is 10.0 Å². The number of rotatable bonds is 8. The monoisotopic (exact) mass is 465 g/mol. The normalized spacial score (nSPS) is 12.6. The summed E-state index contributed by atoms with van der Waals surface area (Å²) in [7, 11) is -3.82. The van der Waals surface area contributed by atoms with E-state index in [4.69, 9.17) is 9.88 Å². The molecule has 10 heteroatoms. The molecule has 0 unspecified atom stereocenters. The fraction of sp³-hybridized carbons (Fsp3) is 0.300. The highest BCUT2D eigenvalue weighted by molar-refractivity contribution is 7.99. The van der Waals surface area contributed by atoms with Gasteiger partial charge in [-0.2, -0.15) is 4.99 Å². The average Bonchev–Trinajstić information content (AvgIpc) is 3.04. The Bertz CT molecular complexity index is 1230. The molecule has 7 nitrogen and oxygen atoms in total. The first-order valence-corrected chi connectivity index (χ1v) is 12.7. The highest BCUT2D eigenvalue weighted by Gasteiger charge is 2.15. The van der Waals surface area contributed by atoms with Crippen LogP contribution in [0.15, 0.2) is 57.2 Å². The zero-order valence-electron chi connectivity index (χ0n) is 16.7. The highest BCUT2D eigenvalue weighted by atomic mass is 32.2. The van der Waals surface area contributed by atoms with E-state index >= 15 is 0 Å². The molecule has 0 spiro atoms. The summed E-state index contributed by atoms with van der Waals surface area (Å²) in [6.07, 6.45) is 0. The third kappa shape index (κ3) is 5.19. The lowest BCUT2D eigenvalue weighted by molar-refractivity contribution is 0.0994. The number of hydrogen-bond acceptors (Lipinski definition) is 6. The number of nitrogens with zero attached hydrogens (tertiary/aromatic N) is 2. The molecule has 0 saturated carbocycles. The van der Waals surface area contributed by atoms with E-state index in [9.17, 15) is 13.2 Å². The summed E-state index contributed by atoms with van der Waals surface area (Å²) in [5, 5.41) is 5.26. The molecule has 0 aliphatic heterocycles. The largest absolute Gasteiger partial charge is 0.380 e. The molecule has 0 bridgehead atoms. The van der Waals surface area contributed by atoms with E-state index in [2.05, 4.69) is 4.99 Å². The van der Waals surface area contributed by atoms with Crippen molar-refractivity contribution < 1.29 is 17.9 Å². The molecule has 2 aromatic carbocycles. The number of carbonyl (C=O) groups is 1. The number of thioether (sulfide) groups is 1. The predicted molar refractivity (Wildman–Crippen MR) is 120 cm³/mol. The molecule has 1 amide bonds. The SMILES string of the molecule is CCOCCn1c(=NC(=O)c2ccccc2SCC)sc2cc(S(N)(=O)=O)ccc21. The van der Waals surface area contributed by atoms with Gasteiger partial charge in [-0.05, 0) is 43.0 Å². The summed E-state index contributed by atoms with van der Waals surface area (Å²) in [5.41, 5.74) is 1.32. The van der Waals surface area contributed by atoms with Gasteiger partial charge in [0.1, 0.15) is 0 Å². The number of primary sulfonamides is 1. The number of aromatic nitrogens is 1. The lowest BCUT2D eigenvalue weighted by Gasteiger charge is -2.06. The summed E-state index contributed by atoms with van der Waals surface area (Å²) in [6.45, 7) is 5.44. The van der Waals surface area contributed by atoms with E-state index in [-0.39, 0.29) is 10.8 Å². The van der Waals surface area contributed by atoms with E-state index in [0.29, 0.717) is 34.8 Å². The minimum Gasteiger partial charge on any atom is -0.380 e. The summed E-state index contributed by atoms with van der Waals surface area (Å²) in [4.78, 5) is 18.7. The molecule has 0 atom stereocenters. The number of thiazole rings is 1. The van der Waals surface area contributed by atoms with Gasteiger partial charge in [0, 0.05) is 18.0 Å². The van der Waals surface area contributed by atoms with Crippen LogP contribution in [0, 0.1) is 0 Å². The second-order valence-corrected chi connectivity index (χ2v) is 10.1. The van der Waals surface area contributed by atoms with Crippen LogP contribution in [0.5, 0.6) is 0 Å². The highest BCUT2D eigenvalue weighted by Crippen LogP contribution is 2.24. The lowest BCUT2D eigenvalue weighted by Crippen LogP contribution is -2.20. The number of carbonyl (C=O) groups excluding carboxylic acids is 1. The number of ether oxygens (including phenoxy) is 1. The summed E-state index contributed by atoms with van der Waals surface area (Å²) < 4.78 is 31.5. The third-order valence-electron chi connectivity index (χ3n) is 4.26. The fourth-order valence-corrected chi connectivity index (χ4v) is 5.41. The van der Waals surface area contributed by atoms with Crippen molar-refractivity contribution in [1.82, 2.24) is 4.57 Å². The Balaban J connectivity index is 2.13. The van der Waals surface area contributed by atoms with E-state index in [1.54, 1.807) is 23.9 Å². The summed E-state index contributed by atoms with van der Waals surface area (Å²) in [5.74, 6) is 0.507. The molecule has 30 heavy (non-hydrogen) atoms. The van der Waals surface area contributed by atoms with Gasteiger partial charge >= 0.3 is 0 Å². The Morgan fingerprint density at radius 2 is 2.00 bits per heavy atom. The number of amides is 1. The minimum absolute atomic E-state index is 0.0239. The van der Waals surface area contributed by atoms with Crippen molar-refractivity contribution in [2.45, 2.75) is 30.2 Å². The Kier molecular flexibility index (Phi) is 7.48. The standard InChI is InChI=1S/C20H23N3O4S3/c1-3-27-12-11-23-16-10-9-14(30(21,25)26)13-18(16)29-20(23)22-19(24)15-7-5-6-8-17(15)28-4-2/h5-10,13H,3-4,11-12H2,1-2H3,(H2,21,25,26). The van der Waals surface area contributed by atoms with Crippen molar-refractivity contribution in [2.75, 3.05) is 19.0 Å². The topological polar surface area (TPSA) is 104 Å². The van der Waals surface area contributed by atoms with Gasteiger partial charge in [0.15, 0.2) is 4.80 Å². The van der Waals surface area contributed by atoms with Crippen molar-refractivity contribution in [2.24, 2.45) is 10.1 Å². The van der Waals surface area contributed by atoms with E-state index < -0.39 is 10.0 Å². The Hall–Kier alpha value is -1.98. The average molecular weight is 466 g/mol. The Labute approximate surface area is 183 Å². The lowest BCUT2D eigenvalue weighted by atomic mass is 10.2. The second-order valence-electron chi connectivity index (χ2n) is 6.25. The van der Waals surface area contributed by atoms with Gasteiger partial charge < -0.3 is 9.30 Å². The minimum atomic E-state index is -3.82. The van der Waals surface area contributed by atoms with Crippen LogP contribution in [0.2, 0.25) is 0 Å². The maximum absolute atomic E-state index is 13.0. The first-order valence-electron chi connectivity index (χ1n) is 9.40. The van der Waals surface area contributed by atoms with Crippen LogP contribution in [-0.4, -0.2) is 37.9 Å². The smallest absolute Gasteiger partial charge is 0.280 e. The molecule has 0 aliphatic carbocycles. The van der Waals surface area contributed by atoms with Crippen LogP contribution in [0.25, 0.3) is 10.2 Å². The first-order chi connectivity index (χ1) is 14.3. The number of sulfonamides is 1. The van der Waals surface area contributed by atoms with Crippen molar-refractivity contribution in [1.29, 1.82) is 0 Å². The molecule has 3 rings (SSSR count). The first kappa shape index (κ1) is 22.7. The molecule has 1 aromatic heterocycles. The van der Waals surface area contributed by atoms with Gasteiger partial charge in [-0.15, -0.1) is 11.8 Å².